The van der Waals surface area contributed by atoms with Gasteiger partial charge in [0, 0.05) is 19.0 Å². The largest absolute Gasteiger partial charge is 0.493 e. The van der Waals surface area contributed by atoms with Crippen LogP contribution in [0.25, 0.3) is 0 Å². The number of carbonyl (C=O) groups excluding carboxylic acids is 2. The number of anilines is 1. The lowest BCUT2D eigenvalue weighted by molar-refractivity contribution is -0.114. The third-order valence-electron chi connectivity index (χ3n) is 3.68. The van der Waals surface area contributed by atoms with Gasteiger partial charge in [0.1, 0.15) is 5.82 Å². The molecule has 0 aromatic heterocycles. The van der Waals surface area contributed by atoms with E-state index in [4.69, 9.17) is 9.47 Å². The van der Waals surface area contributed by atoms with Crippen molar-refractivity contribution in [3.8, 4) is 11.5 Å². The molecule has 0 fully saturated rings. The first kappa shape index (κ1) is 20.2. The van der Waals surface area contributed by atoms with Crippen LogP contribution < -0.4 is 20.1 Å². The number of hydrogen-bond donors (Lipinski definition) is 2. The number of methoxy groups -OCH3 is 1. The van der Waals surface area contributed by atoms with Crippen LogP contribution in [0.5, 0.6) is 11.5 Å². The van der Waals surface area contributed by atoms with E-state index in [1.807, 2.05) is 13.0 Å². The van der Waals surface area contributed by atoms with E-state index < -0.39 is 11.7 Å². The molecule has 0 bridgehead atoms. The first-order chi connectivity index (χ1) is 12.9. The molecule has 0 aliphatic heterocycles. The lowest BCUT2D eigenvalue weighted by Crippen LogP contribution is -2.23. The Morgan fingerprint density at radius 2 is 1.89 bits per heavy atom. The van der Waals surface area contributed by atoms with E-state index in [1.165, 1.54) is 19.1 Å². The Bertz CT molecular complexity index is 824. The molecule has 0 saturated carbocycles. The zero-order chi connectivity index (χ0) is 19.8. The molecule has 0 aliphatic carbocycles. The molecule has 0 saturated heterocycles. The smallest absolute Gasteiger partial charge is 0.251 e. The highest BCUT2D eigenvalue weighted by atomic mass is 19.1. The number of amides is 2. The monoisotopic (exact) mass is 374 g/mol. The molecule has 2 rings (SSSR count). The summed E-state index contributed by atoms with van der Waals surface area (Å²) in [6.07, 6.45) is 0.888. The predicted molar refractivity (Wildman–Crippen MR) is 101 cm³/mol. The van der Waals surface area contributed by atoms with Crippen LogP contribution in [0.3, 0.4) is 0 Å². The number of benzene rings is 2. The van der Waals surface area contributed by atoms with Gasteiger partial charge in [-0.3, -0.25) is 9.59 Å². The fourth-order valence-corrected chi connectivity index (χ4v) is 2.39. The molecule has 2 aromatic carbocycles. The zero-order valence-corrected chi connectivity index (χ0v) is 15.6. The molecule has 0 spiro atoms. The first-order valence-electron chi connectivity index (χ1n) is 8.59. The second kappa shape index (κ2) is 9.56. The van der Waals surface area contributed by atoms with Gasteiger partial charge in [-0.05, 0) is 42.3 Å². The molecule has 144 valence electrons. The minimum absolute atomic E-state index is 0.0331. The fraction of sp³-hybridized carbons (Fsp3) is 0.300. The van der Waals surface area contributed by atoms with Crippen LogP contribution in [0, 0.1) is 5.82 Å². The van der Waals surface area contributed by atoms with Crippen molar-refractivity contribution >= 4 is 17.5 Å². The van der Waals surface area contributed by atoms with Crippen LogP contribution in [0.2, 0.25) is 0 Å². The van der Waals surface area contributed by atoms with Crippen molar-refractivity contribution in [2.24, 2.45) is 0 Å². The van der Waals surface area contributed by atoms with Gasteiger partial charge in [-0.25, -0.2) is 4.39 Å². The summed E-state index contributed by atoms with van der Waals surface area (Å²) in [4.78, 5) is 23.4. The second-order valence-electron chi connectivity index (χ2n) is 5.89. The Hall–Kier alpha value is -3.09. The van der Waals surface area contributed by atoms with Crippen LogP contribution in [0.15, 0.2) is 36.4 Å². The summed E-state index contributed by atoms with van der Waals surface area (Å²) in [7, 11) is 1.55. The van der Waals surface area contributed by atoms with Gasteiger partial charge in [-0.2, -0.15) is 0 Å². The molecule has 2 amide bonds. The lowest BCUT2D eigenvalue weighted by atomic mass is 10.1. The number of ether oxygens (including phenoxy) is 2. The summed E-state index contributed by atoms with van der Waals surface area (Å²) in [6, 6.07) is 9.22. The molecule has 7 heteroatoms. The Kier molecular flexibility index (Phi) is 7.16. The maximum Gasteiger partial charge on any atom is 0.251 e. The SMILES string of the molecule is CCCOc1ccc(CNC(=O)c2ccc(F)c(NC(C)=O)c2)cc1OC. The molecule has 0 aliphatic rings. The molecular weight excluding hydrogens is 351 g/mol. The minimum atomic E-state index is -0.603. The Labute approximate surface area is 157 Å². The summed E-state index contributed by atoms with van der Waals surface area (Å²) in [5.41, 5.74) is 1.04. The van der Waals surface area contributed by atoms with Crippen molar-refractivity contribution in [1.82, 2.24) is 5.32 Å². The highest BCUT2D eigenvalue weighted by Gasteiger charge is 2.12. The van der Waals surface area contributed by atoms with Gasteiger partial charge in [-0.15, -0.1) is 0 Å². The molecule has 27 heavy (non-hydrogen) atoms. The van der Waals surface area contributed by atoms with Gasteiger partial charge >= 0.3 is 0 Å². The second-order valence-corrected chi connectivity index (χ2v) is 5.89. The highest BCUT2D eigenvalue weighted by molar-refractivity contribution is 5.96. The van der Waals surface area contributed by atoms with Crippen LogP contribution in [-0.2, 0) is 11.3 Å². The highest BCUT2D eigenvalue weighted by Crippen LogP contribution is 2.28. The van der Waals surface area contributed by atoms with Crippen LogP contribution in [0.1, 0.15) is 36.2 Å². The predicted octanol–water partition coefficient (Wildman–Crippen LogP) is 3.51. The summed E-state index contributed by atoms with van der Waals surface area (Å²) in [6.45, 7) is 4.14. The van der Waals surface area contributed by atoms with Gasteiger partial charge < -0.3 is 20.1 Å². The zero-order valence-electron chi connectivity index (χ0n) is 15.6. The van der Waals surface area contributed by atoms with Crippen molar-refractivity contribution in [3.05, 3.63) is 53.3 Å². The summed E-state index contributed by atoms with van der Waals surface area (Å²) in [5.74, 6) is -0.164. The number of carbonyl (C=O) groups is 2. The topological polar surface area (TPSA) is 76.7 Å². The van der Waals surface area contributed by atoms with Gasteiger partial charge in [0.05, 0.1) is 19.4 Å². The summed E-state index contributed by atoms with van der Waals surface area (Å²) < 4.78 is 24.6. The van der Waals surface area contributed by atoms with Gasteiger partial charge in [0.2, 0.25) is 5.91 Å². The van der Waals surface area contributed by atoms with Crippen molar-refractivity contribution in [2.45, 2.75) is 26.8 Å². The van der Waals surface area contributed by atoms with Crippen molar-refractivity contribution in [1.29, 1.82) is 0 Å². The molecule has 0 atom stereocenters. The number of halogens is 1. The van der Waals surface area contributed by atoms with Gasteiger partial charge in [0.15, 0.2) is 11.5 Å². The average Bonchev–Trinajstić information content (AvgIpc) is 2.66. The molecule has 0 heterocycles. The van der Waals surface area contributed by atoms with E-state index in [1.54, 1.807) is 19.2 Å². The van der Waals surface area contributed by atoms with Crippen LogP contribution >= 0.6 is 0 Å². The van der Waals surface area contributed by atoms with E-state index in [-0.39, 0.29) is 23.7 Å². The normalized spacial score (nSPS) is 10.2. The van der Waals surface area contributed by atoms with Crippen molar-refractivity contribution in [2.75, 3.05) is 19.0 Å². The van der Waals surface area contributed by atoms with E-state index >= 15 is 0 Å². The number of hydrogen-bond acceptors (Lipinski definition) is 4. The maximum atomic E-state index is 13.7. The molecule has 0 unspecified atom stereocenters. The van der Waals surface area contributed by atoms with Gasteiger partial charge in [-0.1, -0.05) is 13.0 Å². The Morgan fingerprint density at radius 1 is 1.11 bits per heavy atom. The molecular formula is C20H23FN2O4. The third-order valence-corrected chi connectivity index (χ3v) is 3.68. The van der Waals surface area contributed by atoms with Crippen molar-refractivity contribution in [3.63, 3.8) is 0 Å². The standard InChI is InChI=1S/C20H23FN2O4/c1-4-9-27-18-8-5-14(10-19(18)26-3)12-22-20(25)15-6-7-16(21)17(11-15)23-13(2)24/h5-8,10-11H,4,9,12H2,1-3H3,(H,22,25)(H,23,24). The van der Waals surface area contributed by atoms with E-state index in [2.05, 4.69) is 10.6 Å². The molecule has 0 radical (unpaired) electrons. The lowest BCUT2D eigenvalue weighted by Gasteiger charge is -2.12. The van der Waals surface area contributed by atoms with Crippen molar-refractivity contribution < 1.29 is 23.5 Å². The van der Waals surface area contributed by atoms with E-state index in [0.717, 1.165) is 18.1 Å². The van der Waals surface area contributed by atoms with E-state index in [9.17, 15) is 14.0 Å². The van der Waals surface area contributed by atoms with E-state index in [0.29, 0.717) is 18.1 Å². The first-order valence-corrected chi connectivity index (χ1v) is 8.59. The quantitative estimate of drug-likeness (QED) is 0.741. The van der Waals surface area contributed by atoms with Crippen LogP contribution in [0.4, 0.5) is 10.1 Å². The Balaban J connectivity index is 2.06. The van der Waals surface area contributed by atoms with Gasteiger partial charge in [0.25, 0.3) is 5.91 Å². The molecule has 2 aromatic rings. The third kappa shape index (κ3) is 5.70. The average molecular weight is 374 g/mol. The summed E-state index contributed by atoms with van der Waals surface area (Å²) in [5, 5.41) is 5.11. The number of rotatable bonds is 8. The fourth-order valence-electron chi connectivity index (χ4n) is 2.39. The molecule has 2 N–H and O–H groups in total. The minimum Gasteiger partial charge on any atom is -0.493 e. The molecule has 6 nitrogen and oxygen atoms in total. The maximum absolute atomic E-state index is 13.7. The summed E-state index contributed by atoms with van der Waals surface area (Å²) >= 11 is 0. The Morgan fingerprint density at radius 3 is 2.56 bits per heavy atom. The van der Waals surface area contributed by atoms with Crippen LogP contribution in [-0.4, -0.2) is 25.5 Å². The number of nitrogens with one attached hydrogen (secondary N) is 2.